The van der Waals surface area contributed by atoms with Crippen molar-refractivity contribution in [1.29, 1.82) is 0 Å². The molecular weight excluding hydrogens is 286 g/mol. The van der Waals surface area contributed by atoms with Gasteiger partial charge in [0.2, 0.25) is 0 Å². The fourth-order valence-electron chi connectivity index (χ4n) is 1.79. The minimum atomic E-state index is -0.447. The maximum atomic E-state index is 13.5. The molecule has 0 aliphatic carbocycles. The van der Waals surface area contributed by atoms with E-state index in [1.807, 2.05) is 0 Å². The summed E-state index contributed by atoms with van der Waals surface area (Å²) in [7, 11) is 0. The van der Waals surface area contributed by atoms with Crippen molar-refractivity contribution in [3.05, 3.63) is 69.5 Å². The van der Waals surface area contributed by atoms with Crippen LogP contribution in [0.4, 0.5) is 4.39 Å². The largest absolute Gasteiger partial charge is 0.299 e. The van der Waals surface area contributed by atoms with E-state index in [-0.39, 0.29) is 29.2 Å². The molecule has 0 heterocycles. The Morgan fingerprint density at radius 3 is 2.32 bits per heavy atom. The van der Waals surface area contributed by atoms with Crippen molar-refractivity contribution in [2.24, 2.45) is 0 Å². The lowest BCUT2D eigenvalue weighted by Gasteiger charge is -2.05. The van der Waals surface area contributed by atoms with Crippen LogP contribution in [-0.4, -0.2) is 5.78 Å². The van der Waals surface area contributed by atoms with E-state index >= 15 is 0 Å². The summed E-state index contributed by atoms with van der Waals surface area (Å²) in [6.07, 6.45) is 0.232. The highest BCUT2D eigenvalue weighted by Gasteiger charge is 2.12. The molecule has 0 aliphatic rings. The van der Waals surface area contributed by atoms with E-state index in [9.17, 15) is 9.18 Å². The van der Waals surface area contributed by atoms with Gasteiger partial charge in [0.15, 0.2) is 0 Å². The third-order valence-corrected chi connectivity index (χ3v) is 3.36. The van der Waals surface area contributed by atoms with Gasteiger partial charge >= 0.3 is 0 Å². The van der Waals surface area contributed by atoms with E-state index in [1.165, 1.54) is 12.1 Å². The first kappa shape index (κ1) is 14.0. The predicted molar refractivity (Wildman–Crippen MR) is 75.3 cm³/mol. The van der Waals surface area contributed by atoms with Gasteiger partial charge in [0.25, 0.3) is 0 Å². The molecular formula is C15H11Cl2FO. The summed E-state index contributed by atoms with van der Waals surface area (Å²) < 4.78 is 13.5. The lowest BCUT2D eigenvalue weighted by atomic mass is 10.0. The van der Waals surface area contributed by atoms with E-state index in [2.05, 4.69) is 0 Å². The van der Waals surface area contributed by atoms with E-state index in [1.54, 1.807) is 30.3 Å². The summed E-state index contributed by atoms with van der Waals surface area (Å²) >= 11 is 11.7. The fourth-order valence-corrected chi connectivity index (χ4v) is 2.15. The van der Waals surface area contributed by atoms with Gasteiger partial charge in [0, 0.05) is 28.5 Å². The van der Waals surface area contributed by atoms with Crippen molar-refractivity contribution in [3.63, 3.8) is 0 Å². The second-order valence-electron chi connectivity index (χ2n) is 4.22. The van der Waals surface area contributed by atoms with Crippen LogP contribution in [-0.2, 0) is 17.6 Å². The maximum Gasteiger partial charge on any atom is 0.141 e. The molecule has 0 bridgehead atoms. The molecule has 19 heavy (non-hydrogen) atoms. The Balaban J connectivity index is 2.07. The van der Waals surface area contributed by atoms with Crippen LogP contribution in [0, 0.1) is 5.82 Å². The zero-order valence-electron chi connectivity index (χ0n) is 10.00. The number of hydrogen-bond acceptors (Lipinski definition) is 1. The summed E-state index contributed by atoms with van der Waals surface area (Å²) in [5, 5.41) is 0.901. The topological polar surface area (TPSA) is 17.1 Å². The SMILES string of the molecule is O=C(Cc1ccc(Cl)cc1)Cc1c(F)cccc1Cl. The van der Waals surface area contributed by atoms with Crippen molar-refractivity contribution in [2.75, 3.05) is 0 Å². The van der Waals surface area contributed by atoms with Gasteiger partial charge in [-0.05, 0) is 29.8 Å². The summed E-state index contributed by atoms with van der Waals surface area (Å²) in [5.41, 5.74) is 1.10. The van der Waals surface area contributed by atoms with Crippen LogP contribution in [0.2, 0.25) is 10.0 Å². The van der Waals surface area contributed by atoms with E-state index in [0.29, 0.717) is 5.02 Å². The molecule has 4 heteroatoms. The molecule has 0 unspecified atom stereocenters. The Morgan fingerprint density at radius 1 is 1.00 bits per heavy atom. The molecule has 0 amide bonds. The number of carbonyl (C=O) groups excluding carboxylic acids is 1. The highest BCUT2D eigenvalue weighted by atomic mass is 35.5. The Morgan fingerprint density at radius 2 is 1.68 bits per heavy atom. The van der Waals surface area contributed by atoms with Crippen LogP contribution in [0.3, 0.4) is 0 Å². The maximum absolute atomic E-state index is 13.5. The van der Waals surface area contributed by atoms with Crippen LogP contribution >= 0.6 is 23.2 Å². The Kier molecular flexibility index (Phi) is 4.56. The molecule has 0 spiro atoms. The summed E-state index contributed by atoms with van der Waals surface area (Å²) in [5.74, 6) is -0.536. The molecule has 1 nitrogen and oxygen atoms in total. The van der Waals surface area contributed by atoms with Gasteiger partial charge in [-0.2, -0.15) is 0 Å². The van der Waals surface area contributed by atoms with Crippen LogP contribution in [0.15, 0.2) is 42.5 Å². The molecule has 2 aromatic rings. The summed E-state index contributed by atoms with van der Waals surface area (Å²) in [4.78, 5) is 11.9. The second-order valence-corrected chi connectivity index (χ2v) is 5.06. The summed E-state index contributed by atoms with van der Waals surface area (Å²) in [6, 6.07) is 11.4. The van der Waals surface area contributed by atoms with E-state index in [4.69, 9.17) is 23.2 Å². The Labute approximate surface area is 121 Å². The molecule has 0 atom stereocenters. The predicted octanol–water partition coefficient (Wildman–Crippen LogP) is 4.49. The van der Waals surface area contributed by atoms with Gasteiger partial charge in [-0.3, -0.25) is 4.79 Å². The van der Waals surface area contributed by atoms with Crippen molar-refractivity contribution >= 4 is 29.0 Å². The third kappa shape index (κ3) is 3.79. The van der Waals surface area contributed by atoms with Crippen LogP contribution in [0.25, 0.3) is 0 Å². The number of rotatable bonds is 4. The molecule has 2 rings (SSSR count). The molecule has 0 aromatic heterocycles. The normalized spacial score (nSPS) is 10.5. The summed E-state index contributed by atoms with van der Waals surface area (Å²) in [6.45, 7) is 0. The first-order valence-corrected chi connectivity index (χ1v) is 6.51. The Hall–Kier alpha value is -1.38. The van der Waals surface area contributed by atoms with Gasteiger partial charge in [-0.25, -0.2) is 4.39 Å². The zero-order valence-corrected chi connectivity index (χ0v) is 11.5. The molecule has 0 fully saturated rings. The van der Waals surface area contributed by atoms with Gasteiger partial charge in [0.1, 0.15) is 11.6 Å². The number of carbonyl (C=O) groups is 1. The van der Waals surface area contributed by atoms with Crippen molar-refractivity contribution in [1.82, 2.24) is 0 Å². The smallest absolute Gasteiger partial charge is 0.141 e. The molecule has 0 saturated carbocycles. The average molecular weight is 297 g/mol. The van der Waals surface area contributed by atoms with Gasteiger partial charge in [-0.1, -0.05) is 41.4 Å². The van der Waals surface area contributed by atoms with Gasteiger partial charge in [-0.15, -0.1) is 0 Å². The third-order valence-electron chi connectivity index (χ3n) is 2.75. The Bertz CT molecular complexity index is 573. The van der Waals surface area contributed by atoms with Crippen LogP contribution in [0.5, 0.6) is 0 Å². The molecule has 0 radical (unpaired) electrons. The van der Waals surface area contributed by atoms with E-state index < -0.39 is 5.82 Å². The fraction of sp³-hybridized carbons (Fsp3) is 0.133. The minimum Gasteiger partial charge on any atom is -0.299 e. The second kappa shape index (κ2) is 6.18. The number of Topliss-reactive ketones (excluding diaryl/α,β-unsaturated/α-hetero) is 1. The van der Waals surface area contributed by atoms with Crippen molar-refractivity contribution < 1.29 is 9.18 Å². The minimum absolute atomic E-state index is 0.00582. The van der Waals surface area contributed by atoms with Crippen molar-refractivity contribution in [3.8, 4) is 0 Å². The number of hydrogen-bond donors (Lipinski definition) is 0. The van der Waals surface area contributed by atoms with Crippen molar-refractivity contribution in [2.45, 2.75) is 12.8 Å². The van der Waals surface area contributed by atoms with Crippen LogP contribution < -0.4 is 0 Å². The van der Waals surface area contributed by atoms with Gasteiger partial charge in [0.05, 0.1) is 0 Å². The average Bonchev–Trinajstić information content (AvgIpc) is 2.37. The molecule has 0 N–H and O–H groups in total. The van der Waals surface area contributed by atoms with Crippen LogP contribution in [0.1, 0.15) is 11.1 Å². The zero-order chi connectivity index (χ0) is 13.8. The van der Waals surface area contributed by atoms with Gasteiger partial charge < -0.3 is 0 Å². The van der Waals surface area contributed by atoms with E-state index in [0.717, 1.165) is 5.56 Å². The highest BCUT2D eigenvalue weighted by Crippen LogP contribution is 2.20. The lowest BCUT2D eigenvalue weighted by Crippen LogP contribution is -2.08. The molecule has 98 valence electrons. The number of benzene rings is 2. The molecule has 0 aliphatic heterocycles. The first-order chi connectivity index (χ1) is 9.06. The standard InChI is InChI=1S/C15H11Cl2FO/c16-11-6-4-10(5-7-11)8-12(19)9-13-14(17)2-1-3-15(13)18/h1-7H,8-9H2. The highest BCUT2D eigenvalue weighted by molar-refractivity contribution is 6.31. The molecule has 0 saturated heterocycles. The number of halogens is 3. The first-order valence-electron chi connectivity index (χ1n) is 5.75. The monoisotopic (exact) mass is 296 g/mol. The quantitative estimate of drug-likeness (QED) is 0.812. The number of ketones is 1. The molecule has 2 aromatic carbocycles. The lowest BCUT2D eigenvalue weighted by molar-refractivity contribution is -0.117.